The summed E-state index contributed by atoms with van der Waals surface area (Å²) in [5, 5.41) is 5.49. The number of likely N-dealkylation sites (N-methyl/N-ethyl adjacent to an activating group) is 1. The zero-order valence-corrected chi connectivity index (χ0v) is 10.1. The Morgan fingerprint density at radius 1 is 1.33 bits per heavy atom. The van der Waals surface area contributed by atoms with Gasteiger partial charge in [0, 0.05) is 12.1 Å². The summed E-state index contributed by atoms with van der Waals surface area (Å²) in [7, 11) is 7.71. The minimum absolute atomic E-state index is 0.220. The van der Waals surface area contributed by atoms with Gasteiger partial charge in [0.2, 0.25) is 0 Å². The Labute approximate surface area is 94.3 Å². The fraction of sp³-hybridized carbons (Fsp3) is 0.455. The second-order valence-corrected chi connectivity index (χ2v) is 4.29. The van der Waals surface area contributed by atoms with Crippen molar-refractivity contribution in [3.63, 3.8) is 0 Å². The van der Waals surface area contributed by atoms with Gasteiger partial charge in [0.1, 0.15) is 0 Å². The first-order chi connectivity index (χ1) is 7.27. The molecule has 0 amide bonds. The topological polar surface area (TPSA) is 27.3 Å². The van der Waals surface area contributed by atoms with Crippen LogP contribution in [-0.4, -0.2) is 35.5 Å². The second kappa shape index (κ2) is 4.45. The van der Waals surface area contributed by atoms with Crippen LogP contribution in [0.2, 0.25) is 0 Å². The van der Waals surface area contributed by atoms with E-state index in [1.807, 2.05) is 14.1 Å². The third-order valence-electron chi connectivity index (χ3n) is 2.97. The molecule has 2 N–H and O–H groups in total. The summed E-state index contributed by atoms with van der Waals surface area (Å²) in [5.41, 5.74) is 6.19. The molecular formula is C11H16N3Si. The maximum absolute atomic E-state index is 3.77. The lowest BCUT2D eigenvalue weighted by Crippen LogP contribution is -2.55. The van der Waals surface area contributed by atoms with Crippen molar-refractivity contribution in [1.29, 1.82) is 0 Å². The highest BCUT2D eigenvalue weighted by Gasteiger charge is 2.29. The molecule has 3 radical (unpaired) electrons. The molecule has 0 saturated heterocycles. The zero-order valence-electron chi connectivity index (χ0n) is 9.12. The van der Waals surface area contributed by atoms with Crippen LogP contribution in [0.3, 0.4) is 0 Å². The summed E-state index contributed by atoms with van der Waals surface area (Å²) in [6.07, 6.45) is 1.35. The van der Waals surface area contributed by atoms with E-state index in [-0.39, 0.29) is 5.67 Å². The maximum Gasteiger partial charge on any atom is 0.0774 e. The Kier molecular flexibility index (Phi) is 3.21. The van der Waals surface area contributed by atoms with Crippen LogP contribution in [0.5, 0.6) is 0 Å². The standard InChI is InChI=1S/C11H16N3Si/c1-12-10-7-8-5-3-4-6-9(8)11(15)14(10)13-2/h3-6,10-13H,7H2,1-2H3. The number of hydrogen-bond donors (Lipinski definition) is 2. The molecule has 1 aromatic rings. The molecule has 0 aromatic heterocycles. The third-order valence-corrected chi connectivity index (χ3v) is 3.56. The average molecular weight is 218 g/mol. The quantitative estimate of drug-likeness (QED) is 0.703. The van der Waals surface area contributed by atoms with Gasteiger partial charge in [-0.05, 0) is 25.2 Å². The van der Waals surface area contributed by atoms with Gasteiger partial charge < -0.3 is 5.32 Å². The van der Waals surface area contributed by atoms with E-state index in [0.29, 0.717) is 6.17 Å². The highest BCUT2D eigenvalue weighted by Crippen LogP contribution is 2.27. The van der Waals surface area contributed by atoms with E-state index in [2.05, 4.69) is 50.3 Å². The second-order valence-electron chi connectivity index (χ2n) is 3.74. The first-order valence-electron chi connectivity index (χ1n) is 5.20. The summed E-state index contributed by atoms with van der Waals surface area (Å²) in [5.74, 6) is 0. The Morgan fingerprint density at radius 2 is 2.07 bits per heavy atom. The SMILES string of the molecule is CNC1Cc2ccccc2C([Si])N1NC. The van der Waals surface area contributed by atoms with Crippen molar-refractivity contribution >= 4 is 10.2 Å². The lowest BCUT2D eigenvalue weighted by Gasteiger charge is -2.40. The van der Waals surface area contributed by atoms with Gasteiger partial charge in [-0.15, -0.1) is 0 Å². The van der Waals surface area contributed by atoms with E-state index in [9.17, 15) is 0 Å². The van der Waals surface area contributed by atoms with Crippen molar-refractivity contribution in [2.45, 2.75) is 18.3 Å². The molecule has 2 rings (SSSR count). The molecule has 0 saturated carbocycles. The lowest BCUT2D eigenvalue weighted by atomic mass is 9.98. The van der Waals surface area contributed by atoms with Crippen LogP contribution in [-0.2, 0) is 6.42 Å². The highest BCUT2D eigenvalue weighted by molar-refractivity contribution is 6.12. The minimum atomic E-state index is 0.220. The Bertz CT molecular complexity index is 342. The first kappa shape index (κ1) is 10.8. The summed E-state index contributed by atoms with van der Waals surface area (Å²) >= 11 is 0. The van der Waals surface area contributed by atoms with Crippen LogP contribution in [0, 0.1) is 0 Å². The maximum atomic E-state index is 3.77. The third kappa shape index (κ3) is 1.86. The van der Waals surface area contributed by atoms with Crippen LogP contribution in [0.1, 0.15) is 16.8 Å². The van der Waals surface area contributed by atoms with Gasteiger partial charge in [0.05, 0.1) is 16.4 Å². The van der Waals surface area contributed by atoms with Gasteiger partial charge in [0.25, 0.3) is 0 Å². The van der Waals surface area contributed by atoms with Gasteiger partial charge in [-0.25, -0.2) is 5.01 Å². The van der Waals surface area contributed by atoms with E-state index < -0.39 is 0 Å². The van der Waals surface area contributed by atoms with Crippen molar-refractivity contribution in [2.75, 3.05) is 14.1 Å². The van der Waals surface area contributed by atoms with Crippen molar-refractivity contribution in [2.24, 2.45) is 0 Å². The van der Waals surface area contributed by atoms with Gasteiger partial charge in [0.15, 0.2) is 0 Å². The molecule has 3 nitrogen and oxygen atoms in total. The monoisotopic (exact) mass is 218 g/mol. The molecule has 15 heavy (non-hydrogen) atoms. The summed E-state index contributed by atoms with van der Waals surface area (Å²) in [6, 6.07) is 8.54. The Balaban J connectivity index is 2.36. The molecule has 1 aliphatic rings. The smallest absolute Gasteiger partial charge is 0.0774 e. The highest BCUT2D eigenvalue weighted by atomic mass is 28.1. The minimum Gasteiger partial charge on any atom is -0.304 e. The van der Waals surface area contributed by atoms with Gasteiger partial charge >= 0.3 is 0 Å². The molecular weight excluding hydrogens is 202 g/mol. The van der Waals surface area contributed by atoms with Gasteiger partial charge in [-0.3, -0.25) is 5.43 Å². The largest absolute Gasteiger partial charge is 0.304 e. The molecule has 1 aliphatic heterocycles. The van der Waals surface area contributed by atoms with Gasteiger partial charge in [-0.1, -0.05) is 24.3 Å². The number of nitrogens with zero attached hydrogens (tertiary/aromatic N) is 1. The van der Waals surface area contributed by atoms with Crippen LogP contribution in [0.25, 0.3) is 0 Å². The normalized spacial score (nSPS) is 26.3. The van der Waals surface area contributed by atoms with Crippen molar-refractivity contribution in [3.05, 3.63) is 35.4 Å². The van der Waals surface area contributed by atoms with E-state index >= 15 is 0 Å². The van der Waals surface area contributed by atoms with Crippen LogP contribution >= 0.6 is 0 Å². The molecule has 2 unspecified atom stereocenters. The molecule has 0 spiro atoms. The molecule has 79 valence electrons. The Morgan fingerprint density at radius 3 is 2.73 bits per heavy atom. The number of nitrogens with one attached hydrogen (secondary N) is 2. The van der Waals surface area contributed by atoms with Crippen molar-refractivity contribution < 1.29 is 0 Å². The van der Waals surface area contributed by atoms with Crippen molar-refractivity contribution in [3.8, 4) is 0 Å². The molecule has 1 heterocycles. The van der Waals surface area contributed by atoms with Crippen LogP contribution in [0.15, 0.2) is 24.3 Å². The number of hydrazine groups is 1. The Hall–Kier alpha value is -0.683. The number of hydrogen-bond acceptors (Lipinski definition) is 3. The predicted molar refractivity (Wildman–Crippen MR) is 62.4 cm³/mol. The van der Waals surface area contributed by atoms with E-state index in [0.717, 1.165) is 6.42 Å². The molecule has 2 atom stereocenters. The zero-order chi connectivity index (χ0) is 10.8. The van der Waals surface area contributed by atoms with E-state index in [4.69, 9.17) is 0 Å². The average Bonchev–Trinajstić information content (AvgIpc) is 2.29. The molecule has 0 bridgehead atoms. The summed E-state index contributed by atoms with van der Waals surface area (Å²) in [4.78, 5) is 0. The van der Waals surface area contributed by atoms with E-state index in [1.165, 1.54) is 11.1 Å². The van der Waals surface area contributed by atoms with Gasteiger partial charge in [-0.2, -0.15) is 0 Å². The molecule has 1 aromatic carbocycles. The van der Waals surface area contributed by atoms with Crippen molar-refractivity contribution in [1.82, 2.24) is 15.8 Å². The molecule has 0 fully saturated rings. The predicted octanol–water partition coefficient (Wildman–Crippen LogP) is 0.392. The summed E-state index contributed by atoms with van der Waals surface area (Å²) < 4.78 is 0. The fourth-order valence-electron chi connectivity index (χ4n) is 2.15. The first-order valence-corrected chi connectivity index (χ1v) is 5.77. The fourth-order valence-corrected chi connectivity index (χ4v) is 2.74. The molecule has 4 heteroatoms. The van der Waals surface area contributed by atoms with Crippen LogP contribution in [0.4, 0.5) is 0 Å². The number of rotatable bonds is 2. The molecule has 0 aliphatic carbocycles. The van der Waals surface area contributed by atoms with E-state index in [1.54, 1.807) is 0 Å². The van der Waals surface area contributed by atoms with Crippen LogP contribution < -0.4 is 10.7 Å². The number of benzene rings is 1. The summed E-state index contributed by atoms with van der Waals surface area (Å²) in [6.45, 7) is 0. The lowest BCUT2D eigenvalue weighted by molar-refractivity contribution is 0.0885. The number of fused-ring (bicyclic) bond motifs is 1.